The van der Waals surface area contributed by atoms with Gasteiger partial charge in [0.2, 0.25) is 0 Å². The fourth-order valence-electron chi connectivity index (χ4n) is 1.36. The molecule has 0 aliphatic carbocycles. The summed E-state index contributed by atoms with van der Waals surface area (Å²) in [6.07, 6.45) is 4.93. The van der Waals surface area contributed by atoms with Gasteiger partial charge in [0.15, 0.2) is 6.29 Å². The summed E-state index contributed by atoms with van der Waals surface area (Å²) >= 11 is 1.62. The van der Waals surface area contributed by atoms with E-state index >= 15 is 0 Å². The number of ether oxygens (including phenoxy) is 2. The number of aldehydes is 1. The first-order chi connectivity index (χ1) is 7.40. The van der Waals surface area contributed by atoms with Crippen LogP contribution in [0.3, 0.4) is 0 Å². The number of carbonyl (C=O) groups excluding carboxylic acids is 1. The highest BCUT2D eigenvalue weighted by molar-refractivity contribution is 7.10. The molecule has 4 heteroatoms. The second-order valence-electron chi connectivity index (χ2n) is 3.16. The van der Waals surface area contributed by atoms with Gasteiger partial charge in [-0.05, 0) is 17.0 Å². The minimum absolute atomic E-state index is 0.191. The van der Waals surface area contributed by atoms with E-state index in [0.717, 1.165) is 16.7 Å². The molecule has 1 saturated heterocycles. The molecular weight excluding hydrogens is 212 g/mol. The topological polar surface area (TPSA) is 35.5 Å². The zero-order chi connectivity index (χ0) is 10.5. The van der Waals surface area contributed by atoms with Gasteiger partial charge < -0.3 is 14.3 Å². The molecule has 0 unspecified atom stereocenters. The van der Waals surface area contributed by atoms with Crippen molar-refractivity contribution >= 4 is 23.7 Å². The van der Waals surface area contributed by atoms with Crippen LogP contribution in [0.5, 0.6) is 0 Å². The van der Waals surface area contributed by atoms with Crippen LogP contribution in [-0.2, 0) is 14.3 Å². The highest BCUT2D eigenvalue weighted by Crippen LogP contribution is 2.29. The molecule has 1 fully saturated rings. The van der Waals surface area contributed by atoms with Crippen LogP contribution in [0.25, 0.3) is 6.08 Å². The quantitative estimate of drug-likeness (QED) is 0.737. The van der Waals surface area contributed by atoms with Crippen molar-refractivity contribution in [1.29, 1.82) is 0 Å². The molecule has 0 N–H and O–H groups in total. The van der Waals surface area contributed by atoms with E-state index in [-0.39, 0.29) is 6.29 Å². The summed E-state index contributed by atoms with van der Waals surface area (Å²) in [5.74, 6) is 0. The summed E-state index contributed by atoms with van der Waals surface area (Å²) < 4.78 is 10.8. The third kappa shape index (κ3) is 2.75. The molecule has 0 amide bonds. The van der Waals surface area contributed by atoms with Crippen LogP contribution in [-0.4, -0.2) is 19.5 Å². The Balaban J connectivity index is 1.99. The predicted molar refractivity (Wildman–Crippen MR) is 58.7 cm³/mol. The van der Waals surface area contributed by atoms with Crippen LogP contribution in [0, 0.1) is 0 Å². The van der Waals surface area contributed by atoms with E-state index in [4.69, 9.17) is 9.47 Å². The fourth-order valence-corrected chi connectivity index (χ4v) is 2.23. The Morgan fingerprint density at radius 1 is 1.47 bits per heavy atom. The molecule has 3 nitrogen and oxygen atoms in total. The van der Waals surface area contributed by atoms with Crippen molar-refractivity contribution in [2.75, 3.05) is 13.2 Å². The number of allylic oxidation sites excluding steroid dienone is 1. The van der Waals surface area contributed by atoms with Gasteiger partial charge in [-0.25, -0.2) is 0 Å². The van der Waals surface area contributed by atoms with Gasteiger partial charge in [0, 0.05) is 6.42 Å². The summed E-state index contributed by atoms with van der Waals surface area (Å²) in [7, 11) is 0. The van der Waals surface area contributed by atoms with E-state index in [1.54, 1.807) is 11.3 Å². The number of thiophene rings is 1. The lowest BCUT2D eigenvalue weighted by Crippen LogP contribution is -1.93. The molecule has 1 aliphatic rings. The zero-order valence-electron chi connectivity index (χ0n) is 8.22. The van der Waals surface area contributed by atoms with Gasteiger partial charge in [0.05, 0.1) is 18.1 Å². The summed E-state index contributed by atoms with van der Waals surface area (Å²) in [4.78, 5) is 11.2. The highest BCUT2D eigenvalue weighted by atomic mass is 32.1. The Morgan fingerprint density at radius 3 is 3.00 bits per heavy atom. The number of carbonyl (C=O) groups is 1. The molecule has 1 aromatic rings. The van der Waals surface area contributed by atoms with E-state index in [0.29, 0.717) is 19.6 Å². The van der Waals surface area contributed by atoms with Crippen LogP contribution in [0.1, 0.15) is 23.2 Å². The zero-order valence-corrected chi connectivity index (χ0v) is 9.03. The van der Waals surface area contributed by atoms with Gasteiger partial charge in [-0.15, -0.1) is 11.3 Å². The number of hydrogen-bond donors (Lipinski definition) is 0. The molecule has 15 heavy (non-hydrogen) atoms. The fraction of sp³-hybridized carbons (Fsp3) is 0.364. The predicted octanol–water partition coefficient (Wildman–Crippen LogP) is 2.40. The van der Waals surface area contributed by atoms with Gasteiger partial charge >= 0.3 is 0 Å². The van der Waals surface area contributed by atoms with Gasteiger partial charge in [-0.3, -0.25) is 0 Å². The van der Waals surface area contributed by atoms with Crippen LogP contribution in [0.2, 0.25) is 0 Å². The standard InChI is InChI=1S/C11H12O3S/c12-4-2-1-3-9-7-10(15-8-9)11-13-5-6-14-11/h1,3-4,7-8,11H,2,5-6H2. The van der Waals surface area contributed by atoms with Gasteiger partial charge in [0.1, 0.15) is 6.29 Å². The first-order valence-electron chi connectivity index (χ1n) is 4.82. The lowest BCUT2D eigenvalue weighted by atomic mass is 10.2. The smallest absolute Gasteiger partial charge is 0.193 e. The molecule has 0 radical (unpaired) electrons. The SMILES string of the molecule is O=CCC=Cc1csc(C2OCCO2)c1. The minimum atomic E-state index is -0.191. The monoisotopic (exact) mass is 224 g/mol. The Morgan fingerprint density at radius 2 is 2.27 bits per heavy atom. The van der Waals surface area contributed by atoms with E-state index in [1.165, 1.54) is 0 Å². The number of rotatable bonds is 4. The van der Waals surface area contributed by atoms with Gasteiger partial charge in [0.25, 0.3) is 0 Å². The van der Waals surface area contributed by atoms with E-state index in [2.05, 4.69) is 0 Å². The third-order valence-electron chi connectivity index (χ3n) is 2.04. The van der Waals surface area contributed by atoms with Crippen LogP contribution in [0.4, 0.5) is 0 Å². The summed E-state index contributed by atoms with van der Waals surface area (Å²) in [5.41, 5.74) is 1.09. The van der Waals surface area contributed by atoms with Crippen molar-refractivity contribution in [1.82, 2.24) is 0 Å². The maximum Gasteiger partial charge on any atom is 0.193 e. The lowest BCUT2D eigenvalue weighted by Gasteiger charge is -2.04. The van der Waals surface area contributed by atoms with Crippen molar-refractivity contribution in [2.45, 2.75) is 12.7 Å². The maximum absolute atomic E-state index is 10.1. The molecule has 0 atom stereocenters. The van der Waals surface area contributed by atoms with Crippen molar-refractivity contribution in [3.63, 3.8) is 0 Å². The average molecular weight is 224 g/mol. The van der Waals surface area contributed by atoms with E-state index in [1.807, 2.05) is 23.6 Å². The molecule has 1 aliphatic heterocycles. The first kappa shape index (κ1) is 10.5. The maximum atomic E-state index is 10.1. The van der Waals surface area contributed by atoms with E-state index in [9.17, 15) is 4.79 Å². The van der Waals surface area contributed by atoms with Gasteiger partial charge in [-0.1, -0.05) is 12.2 Å². The molecule has 0 aromatic carbocycles. The second kappa shape index (κ2) is 5.21. The molecule has 0 bridgehead atoms. The average Bonchev–Trinajstić information content (AvgIpc) is 2.87. The largest absolute Gasteiger partial charge is 0.345 e. The van der Waals surface area contributed by atoms with Crippen LogP contribution >= 0.6 is 11.3 Å². The van der Waals surface area contributed by atoms with Crippen LogP contribution < -0.4 is 0 Å². The molecule has 2 heterocycles. The first-order valence-corrected chi connectivity index (χ1v) is 5.70. The normalized spacial score (nSPS) is 17.6. The summed E-state index contributed by atoms with van der Waals surface area (Å²) in [6.45, 7) is 1.33. The Kier molecular flexibility index (Phi) is 3.66. The summed E-state index contributed by atoms with van der Waals surface area (Å²) in [5, 5.41) is 2.03. The van der Waals surface area contributed by atoms with Crippen molar-refractivity contribution < 1.29 is 14.3 Å². The molecule has 80 valence electrons. The number of hydrogen-bond acceptors (Lipinski definition) is 4. The van der Waals surface area contributed by atoms with Crippen molar-refractivity contribution in [3.8, 4) is 0 Å². The van der Waals surface area contributed by atoms with Crippen molar-refractivity contribution in [2.24, 2.45) is 0 Å². The Hall–Kier alpha value is -0.970. The molecule has 2 rings (SSSR count). The third-order valence-corrected chi connectivity index (χ3v) is 3.01. The Labute approximate surface area is 92.3 Å². The molecule has 1 aromatic heterocycles. The molecule has 0 spiro atoms. The van der Waals surface area contributed by atoms with Crippen LogP contribution in [0.15, 0.2) is 17.5 Å². The lowest BCUT2D eigenvalue weighted by molar-refractivity contribution is -0.107. The second-order valence-corrected chi connectivity index (χ2v) is 4.10. The molecular formula is C11H12O3S. The van der Waals surface area contributed by atoms with Crippen molar-refractivity contribution in [3.05, 3.63) is 28.0 Å². The highest BCUT2D eigenvalue weighted by Gasteiger charge is 2.19. The summed E-state index contributed by atoms with van der Waals surface area (Å²) in [6, 6.07) is 2.03. The molecule has 0 saturated carbocycles. The minimum Gasteiger partial charge on any atom is -0.345 e. The van der Waals surface area contributed by atoms with Gasteiger partial charge in [-0.2, -0.15) is 0 Å². The Bertz CT molecular complexity index is 350. The van der Waals surface area contributed by atoms with E-state index < -0.39 is 0 Å².